The third-order valence-electron chi connectivity index (χ3n) is 4.57. The molecule has 1 N–H and O–H groups in total. The summed E-state index contributed by atoms with van der Waals surface area (Å²) in [6.07, 6.45) is -1.16. The van der Waals surface area contributed by atoms with E-state index in [1.165, 1.54) is 24.5 Å². The maximum absolute atomic E-state index is 13.8. The van der Waals surface area contributed by atoms with Crippen molar-refractivity contribution in [2.75, 3.05) is 11.6 Å². The minimum atomic E-state index is -4.78. The SMILES string of the molecule is Cc1ccc(F)cc1-c1ccncc1NC(=O)c1cc(CS(C)(=O)=O)cc(C(F)(F)F)c1. The lowest BCUT2D eigenvalue weighted by Crippen LogP contribution is -2.16. The summed E-state index contributed by atoms with van der Waals surface area (Å²) in [6.45, 7) is 1.74. The normalized spacial score (nSPS) is 11.9. The van der Waals surface area contributed by atoms with E-state index in [2.05, 4.69) is 10.3 Å². The van der Waals surface area contributed by atoms with Crippen LogP contribution in [0.5, 0.6) is 0 Å². The highest BCUT2D eigenvalue weighted by molar-refractivity contribution is 7.89. The fourth-order valence-corrected chi connectivity index (χ4v) is 3.95. The number of rotatable bonds is 5. The first kappa shape index (κ1) is 23.4. The summed E-state index contributed by atoms with van der Waals surface area (Å²) in [7, 11) is -3.64. The van der Waals surface area contributed by atoms with Gasteiger partial charge in [0.05, 0.1) is 23.2 Å². The van der Waals surface area contributed by atoms with Crippen LogP contribution in [-0.2, 0) is 21.8 Å². The van der Waals surface area contributed by atoms with Gasteiger partial charge in [0.25, 0.3) is 5.91 Å². The average molecular weight is 466 g/mol. The van der Waals surface area contributed by atoms with Crippen molar-refractivity contribution in [2.24, 2.45) is 0 Å². The molecule has 0 unspecified atom stereocenters. The first-order valence-corrected chi connectivity index (χ1v) is 11.3. The third-order valence-corrected chi connectivity index (χ3v) is 5.43. The van der Waals surface area contributed by atoms with Gasteiger partial charge in [-0.15, -0.1) is 0 Å². The molecular formula is C22H18F4N2O3S. The van der Waals surface area contributed by atoms with Gasteiger partial charge >= 0.3 is 6.18 Å². The number of amides is 1. The standard InChI is InChI=1S/C22H18F4N2O3S/c1-13-3-4-17(23)10-19(13)18-5-6-27-11-20(18)28-21(29)15-7-14(12-32(2,30)31)8-16(9-15)22(24,25)26/h3-11H,12H2,1-2H3,(H,28,29). The molecule has 3 aromatic rings. The van der Waals surface area contributed by atoms with Crippen molar-refractivity contribution < 1.29 is 30.8 Å². The van der Waals surface area contributed by atoms with E-state index in [1.54, 1.807) is 19.1 Å². The molecule has 0 aliphatic heterocycles. The van der Waals surface area contributed by atoms with E-state index in [-0.39, 0.29) is 16.8 Å². The number of anilines is 1. The van der Waals surface area contributed by atoms with E-state index in [0.717, 1.165) is 12.3 Å². The van der Waals surface area contributed by atoms with Gasteiger partial charge < -0.3 is 5.32 Å². The molecule has 1 heterocycles. The molecule has 0 atom stereocenters. The molecular weight excluding hydrogens is 448 g/mol. The lowest BCUT2D eigenvalue weighted by atomic mass is 9.99. The lowest BCUT2D eigenvalue weighted by Gasteiger charge is -2.15. The highest BCUT2D eigenvalue weighted by Gasteiger charge is 2.32. The summed E-state index contributed by atoms with van der Waals surface area (Å²) in [5.41, 5.74) is 0.0920. The number of hydrogen-bond acceptors (Lipinski definition) is 4. The van der Waals surface area contributed by atoms with Crippen molar-refractivity contribution in [1.29, 1.82) is 0 Å². The number of aromatic nitrogens is 1. The number of halogens is 4. The number of hydrogen-bond donors (Lipinski definition) is 1. The Morgan fingerprint density at radius 2 is 1.78 bits per heavy atom. The van der Waals surface area contributed by atoms with Crippen molar-refractivity contribution in [3.05, 3.63) is 82.9 Å². The van der Waals surface area contributed by atoms with Gasteiger partial charge in [-0.25, -0.2) is 12.8 Å². The van der Waals surface area contributed by atoms with E-state index in [9.17, 15) is 30.8 Å². The first-order chi connectivity index (χ1) is 14.8. The van der Waals surface area contributed by atoms with E-state index in [4.69, 9.17) is 0 Å². The van der Waals surface area contributed by atoms with Gasteiger partial charge in [-0.1, -0.05) is 6.07 Å². The smallest absolute Gasteiger partial charge is 0.320 e. The van der Waals surface area contributed by atoms with Crippen LogP contribution < -0.4 is 5.32 Å². The van der Waals surface area contributed by atoms with Gasteiger partial charge in [0.15, 0.2) is 9.84 Å². The Morgan fingerprint density at radius 1 is 1.06 bits per heavy atom. The molecule has 0 radical (unpaired) electrons. The summed E-state index contributed by atoms with van der Waals surface area (Å²) in [5.74, 6) is -2.05. The van der Waals surface area contributed by atoms with Gasteiger partial charge in [-0.2, -0.15) is 13.2 Å². The van der Waals surface area contributed by atoms with Gasteiger partial charge in [0.1, 0.15) is 5.82 Å². The maximum atomic E-state index is 13.8. The number of carbonyl (C=O) groups excluding carboxylic acids is 1. The Morgan fingerprint density at radius 3 is 2.44 bits per heavy atom. The molecule has 0 aliphatic rings. The zero-order valence-electron chi connectivity index (χ0n) is 17.0. The van der Waals surface area contributed by atoms with Crippen LogP contribution in [0.3, 0.4) is 0 Å². The fourth-order valence-electron chi connectivity index (χ4n) is 3.18. The highest BCUT2D eigenvalue weighted by Crippen LogP contribution is 2.33. The summed E-state index contributed by atoms with van der Waals surface area (Å²) < 4.78 is 76.9. The number of pyridine rings is 1. The van der Waals surface area contributed by atoms with Crippen LogP contribution in [0.15, 0.2) is 54.9 Å². The molecule has 0 spiro atoms. The van der Waals surface area contributed by atoms with Crippen LogP contribution in [-0.4, -0.2) is 25.6 Å². The second-order valence-corrected chi connectivity index (χ2v) is 9.46. The molecule has 0 bridgehead atoms. The zero-order chi connectivity index (χ0) is 23.7. The predicted molar refractivity (Wildman–Crippen MR) is 112 cm³/mol. The second kappa shape index (κ2) is 8.70. The molecule has 32 heavy (non-hydrogen) atoms. The molecule has 1 aromatic heterocycles. The number of carbonyl (C=O) groups is 1. The number of benzene rings is 2. The van der Waals surface area contributed by atoms with Crippen molar-refractivity contribution in [1.82, 2.24) is 4.98 Å². The minimum absolute atomic E-state index is 0.160. The van der Waals surface area contributed by atoms with Crippen molar-refractivity contribution in [2.45, 2.75) is 18.9 Å². The van der Waals surface area contributed by atoms with Crippen molar-refractivity contribution >= 4 is 21.4 Å². The Hall–Kier alpha value is -3.27. The third kappa shape index (κ3) is 5.70. The van der Waals surface area contributed by atoms with Gasteiger partial charge in [0.2, 0.25) is 0 Å². The van der Waals surface area contributed by atoms with Crippen LogP contribution in [0.25, 0.3) is 11.1 Å². The van der Waals surface area contributed by atoms with E-state index in [0.29, 0.717) is 28.8 Å². The number of nitrogens with zero attached hydrogens (tertiary/aromatic N) is 1. The summed E-state index contributed by atoms with van der Waals surface area (Å²) in [5, 5.41) is 2.50. The van der Waals surface area contributed by atoms with Crippen LogP contribution in [0.4, 0.5) is 23.2 Å². The molecule has 10 heteroatoms. The van der Waals surface area contributed by atoms with Gasteiger partial charge in [-0.3, -0.25) is 9.78 Å². The van der Waals surface area contributed by atoms with Crippen molar-refractivity contribution in [3.63, 3.8) is 0 Å². The first-order valence-electron chi connectivity index (χ1n) is 9.24. The van der Waals surface area contributed by atoms with Gasteiger partial charge in [0, 0.05) is 23.6 Å². The lowest BCUT2D eigenvalue weighted by molar-refractivity contribution is -0.137. The molecule has 0 aliphatic carbocycles. The van der Waals surface area contributed by atoms with Crippen LogP contribution >= 0.6 is 0 Å². The molecule has 168 valence electrons. The highest BCUT2D eigenvalue weighted by atomic mass is 32.2. The van der Waals surface area contributed by atoms with Crippen LogP contribution in [0.2, 0.25) is 0 Å². The number of alkyl halides is 3. The maximum Gasteiger partial charge on any atom is 0.416 e. The molecule has 1 amide bonds. The summed E-state index contributed by atoms with van der Waals surface area (Å²) >= 11 is 0. The molecule has 0 saturated carbocycles. The minimum Gasteiger partial charge on any atom is -0.320 e. The van der Waals surface area contributed by atoms with E-state index in [1.807, 2.05) is 0 Å². The Kier molecular flexibility index (Phi) is 6.36. The topological polar surface area (TPSA) is 76.1 Å². The van der Waals surface area contributed by atoms with Crippen LogP contribution in [0, 0.1) is 12.7 Å². The van der Waals surface area contributed by atoms with E-state index >= 15 is 0 Å². The van der Waals surface area contributed by atoms with Crippen LogP contribution in [0.1, 0.15) is 27.0 Å². The molecule has 0 saturated heterocycles. The zero-order valence-corrected chi connectivity index (χ0v) is 17.8. The molecule has 5 nitrogen and oxygen atoms in total. The largest absolute Gasteiger partial charge is 0.416 e. The van der Waals surface area contributed by atoms with Gasteiger partial charge in [-0.05, 0) is 60.0 Å². The average Bonchev–Trinajstić information content (AvgIpc) is 2.68. The Balaban J connectivity index is 2.03. The Bertz CT molecular complexity index is 1290. The predicted octanol–water partition coefficient (Wildman–Crippen LogP) is 5.01. The van der Waals surface area contributed by atoms with Crippen molar-refractivity contribution in [3.8, 4) is 11.1 Å². The summed E-state index contributed by atoms with van der Waals surface area (Å²) in [4.78, 5) is 16.7. The number of sulfone groups is 1. The molecule has 2 aromatic carbocycles. The fraction of sp³-hybridized carbons (Fsp3) is 0.182. The van der Waals surface area contributed by atoms with E-state index < -0.39 is 39.1 Å². The Labute approximate surface area is 182 Å². The quantitative estimate of drug-likeness (QED) is 0.537. The molecule has 3 rings (SSSR count). The summed E-state index contributed by atoms with van der Waals surface area (Å²) in [6, 6.07) is 8.09. The monoisotopic (exact) mass is 466 g/mol. The number of aryl methyl sites for hydroxylation is 1. The molecule has 0 fully saturated rings. The number of nitrogens with one attached hydrogen (secondary N) is 1. The second-order valence-electron chi connectivity index (χ2n) is 7.32.